The second-order valence-corrected chi connectivity index (χ2v) is 5.82. The molecule has 0 fully saturated rings. The summed E-state index contributed by atoms with van der Waals surface area (Å²) in [5, 5.41) is 6.58. The Morgan fingerprint density at radius 3 is 2.65 bits per heavy atom. The zero-order valence-corrected chi connectivity index (χ0v) is 14.3. The minimum atomic E-state index is -0.348. The lowest BCUT2D eigenvalue weighted by atomic mass is 10.2. The van der Waals surface area contributed by atoms with Crippen molar-refractivity contribution in [3.05, 3.63) is 63.6 Å². The molecule has 0 aliphatic carbocycles. The van der Waals surface area contributed by atoms with Gasteiger partial charge in [-0.2, -0.15) is 5.10 Å². The molecule has 2 rings (SSSR count). The Morgan fingerprint density at radius 2 is 1.96 bits per heavy atom. The van der Waals surface area contributed by atoms with Gasteiger partial charge in [-0.25, -0.2) is 5.43 Å². The van der Waals surface area contributed by atoms with Gasteiger partial charge >= 0.3 is 0 Å². The van der Waals surface area contributed by atoms with Crippen LogP contribution in [0.1, 0.15) is 28.4 Å². The zero-order chi connectivity index (χ0) is 16.8. The van der Waals surface area contributed by atoms with Gasteiger partial charge in [0.05, 0.1) is 6.21 Å². The molecule has 118 valence electrons. The van der Waals surface area contributed by atoms with E-state index in [0.717, 1.165) is 15.6 Å². The van der Waals surface area contributed by atoms with E-state index >= 15 is 0 Å². The Hall–Kier alpha value is -2.47. The lowest BCUT2D eigenvalue weighted by Crippen LogP contribution is -2.18. The van der Waals surface area contributed by atoms with Crippen LogP contribution in [-0.2, 0) is 4.79 Å². The number of nitrogens with one attached hydrogen (secondary N) is 2. The number of hydrazone groups is 1. The molecule has 0 heterocycles. The van der Waals surface area contributed by atoms with Crippen molar-refractivity contribution in [2.24, 2.45) is 5.10 Å². The van der Waals surface area contributed by atoms with E-state index in [0.29, 0.717) is 11.3 Å². The first-order valence-corrected chi connectivity index (χ1v) is 7.72. The molecule has 0 aliphatic heterocycles. The zero-order valence-electron chi connectivity index (χ0n) is 12.8. The third kappa shape index (κ3) is 5.03. The first kappa shape index (κ1) is 16.9. The highest BCUT2D eigenvalue weighted by Crippen LogP contribution is 2.16. The van der Waals surface area contributed by atoms with Crippen LogP contribution >= 0.6 is 15.9 Å². The predicted octanol–water partition coefficient (Wildman–Crippen LogP) is 3.48. The molecule has 2 aromatic rings. The van der Waals surface area contributed by atoms with Crippen molar-refractivity contribution < 1.29 is 9.59 Å². The fraction of sp³-hybridized carbons (Fsp3) is 0.118. The Kier molecular flexibility index (Phi) is 5.65. The molecular formula is C17H16BrN3O2. The van der Waals surface area contributed by atoms with Gasteiger partial charge in [0.15, 0.2) is 0 Å². The molecule has 23 heavy (non-hydrogen) atoms. The number of nitrogens with zero attached hydrogens (tertiary/aromatic N) is 1. The third-order valence-corrected chi connectivity index (χ3v) is 3.88. The largest absolute Gasteiger partial charge is 0.326 e. The molecule has 0 atom stereocenters. The van der Waals surface area contributed by atoms with Crippen molar-refractivity contribution in [3.8, 4) is 0 Å². The Bertz CT molecular complexity index is 772. The van der Waals surface area contributed by atoms with Gasteiger partial charge in [0.2, 0.25) is 5.91 Å². The molecule has 2 aromatic carbocycles. The molecule has 0 saturated carbocycles. The number of halogens is 1. The third-order valence-electron chi connectivity index (χ3n) is 3.02. The summed E-state index contributed by atoms with van der Waals surface area (Å²) >= 11 is 3.45. The monoisotopic (exact) mass is 373 g/mol. The van der Waals surface area contributed by atoms with Gasteiger partial charge in [0, 0.05) is 22.6 Å². The lowest BCUT2D eigenvalue weighted by Gasteiger charge is -2.04. The van der Waals surface area contributed by atoms with Crippen molar-refractivity contribution in [1.82, 2.24) is 5.43 Å². The van der Waals surface area contributed by atoms with Gasteiger partial charge in [0.25, 0.3) is 5.91 Å². The van der Waals surface area contributed by atoms with Crippen LogP contribution in [0.5, 0.6) is 0 Å². The predicted molar refractivity (Wildman–Crippen MR) is 94.7 cm³/mol. The molecule has 6 heteroatoms. The van der Waals surface area contributed by atoms with Crippen molar-refractivity contribution in [2.75, 3.05) is 5.32 Å². The highest BCUT2D eigenvalue weighted by molar-refractivity contribution is 9.10. The van der Waals surface area contributed by atoms with Gasteiger partial charge in [-0.3, -0.25) is 9.59 Å². The van der Waals surface area contributed by atoms with E-state index in [4.69, 9.17) is 0 Å². The minimum Gasteiger partial charge on any atom is -0.326 e. The average Bonchev–Trinajstić information content (AvgIpc) is 2.50. The first-order chi connectivity index (χ1) is 11.0. The number of carbonyl (C=O) groups excluding carboxylic acids is 2. The maximum Gasteiger partial charge on any atom is 0.271 e. The van der Waals surface area contributed by atoms with Crippen LogP contribution in [0.4, 0.5) is 5.69 Å². The summed E-state index contributed by atoms with van der Waals surface area (Å²) in [7, 11) is 0. The van der Waals surface area contributed by atoms with Crippen LogP contribution in [0.15, 0.2) is 52.0 Å². The van der Waals surface area contributed by atoms with Gasteiger partial charge in [-0.05, 0) is 42.3 Å². The molecule has 0 bridgehead atoms. The molecule has 0 radical (unpaired) electrons. The molecule has 0 spiro atoms. The van der Waals surface area contributed by atoms with E-state index in [1.807, 2.05) is 25.1 Å². The van der Waals surface area contributed by atoms with E-state index in [9.17, 15) is 9.59 Å². The highest BCUT2D eigenvalue weighted by atomic mass is 79.9. The van der Waals surface area contributed by atoms with E-state index in [-0.39, 0.29) is 11.8 Å². The fourth-order valence-electron chi connectivity index (χ4n) is 1.86. The van der Waals surface area contributed by atoms with Crippen molar-refractivity contribution in [2.45, 2.75) is 13.8 Å². The second-order valence-electron chi connectivity index (χ2n) is 4.97. The summed E-state index contributed by atoms with van der Waals surface area (Å²) in [6.07, 6.45) is 1.57. The standard InChI is InChI=1S/C17H16BrN3O2/c1-11-6-7-13(8-16(11)18)10-19-21-17(23)14-4-3-5-15(9-14)20-12(2)22/h3-10H,1-2H3,(H,20,22)(H,21,23)/b19-10-. The van der Waals surface area contributed by atoms with Gasteiger partial charge in [0.1, 0.15) is 0 Å². The number of carbonyl (C=O) groups is 2. The van der Waals surface area contributed by atoms with Crippen LogP contribution in [0.25, 0.3) is 0 Å². The number of anilines is 1. The van der Waals surface area contributed by atoms with Gasteiger partial charge in [-0.1, -0.05) is 34.1 Å². The summed E-state index contributed by atoms with van der Waals surface area (Å²) in [4.78, 5) is 23.1. The van der Waals surface area contributed by atoms with Gasteiger partial charge in [-0.15, -0.1) is 0 Å². The van der Waals surface area contributed by atoms with Crippen LogP contribution in [0.2, 0.25) is 0 Å². The number of aryl methyl sites for hydroxylation is 1. The van der Waals surface area contributed by atoms with E-state index in [1.165, 1.54) is 6.92 Å². The summed E-state index contributed by atoms with van der Waals surface area (Å²) in [5.41, 5.74) is 5.44. The number of amides is 2. The summed E-state index contributed by atoms with van der Waals surface area (Å²) in [6, 6.07) is 12.4. The minimum absolute atomic E-state index is 0.189. The van der Waals surface area contributed by atoms with E-state index in [1.54, 1.807) is 30.5 Å². The maximum atomic E-state index is 12.0. The summed E-state index contributed by atoms with van der Waals surface area (Å²) in [6.45, 7) is 3.41. The van der Waals surface area contributed by atoms with E-state index < -0.39 is 0 Å². The van der Waals surface area contributed by atoms with Gasteiger partial charge < -0.3 is 5.32 Å². The quantitative estimate of drug-likeness (QED) is 0.636. The van der Waals surface area contributed by atoms with E-state index in [2.05, 4.69) is 31.8 Å². The van der Waals surface area contributed by atoms with Crippen LogP contribution in [0, 0.1) is 6.92 Å². The summed E-state index contributed by atoms with van der Waals surface area (Å²) in [5.74, 6) is -0.537. The molecular weight excluding hydrogens is 358 g/mol. The van der Waals surface area contributed by atoms with Crippen molar-refractivity contribution in [3.63, 3.8) is 0 Å². The Labute approximate surface area is 142 Å². The highest BCUT2D eigenvalue weighted by Gasteiger charge is 2.05. The first-order valence-electron chi connectivity index (χ1n) is 6.93. The Morgan fingerprint density at radius 1 is 1.17 bits per heavy atom. The van der Waals surface area contributed by atoms with Crippen LogP contribution < -0.4 is 10.7 Å². The van der Waals surface area contributed by atoms with Crippen molar-refractivity contribution in [1.29, 1.82) is 0 Å². The average molecular weight is 374 g/mol. The number of hydrogen-bond acceptors (Lipinski definition) is 3. The molecule has 5 nitrogen and oxygen atoms in total. The molecule has 2 N–H and O–H groups in total. The normalized spacial score (nSPS) is 10.6. The smallest absolute Gasteiger partial charge is 0.271 e. The van der Waals surface area contributed by atoms with Crippen molar-refractivity contribution >= 4 is 39.6 Å². The number of hydrogen-bond donors (Lipinski definition) is 2. The SMILES string of the molecule is CC(=O)Nc1cccc(C(=O)N/N=C\c2ccc(C)c(Br)c2)c1. The van der Waals surface area contributed by atoms with Crippen LogP contribution in [-0.4, -0.2) is 18.0 Å². The molecule has 0 aliphatic rings. The number of rotatable bonds is 4. The maximum absolute atomic E-state index is 12.0. The molecule has 0 aromatic heterocycles. The molecule has 0 saturated heterocycles. The molecule has 0 unspecified atom stereocenters. The second kappa shape index (κ2) is 7.69. The fourth-order valence-corrected chi connectivity index (χ4v) is 2.26. The summed E-state index contributed by atoms with van der Waals surface area (Å²) < 4.78 is 0.982. The topological polar surface area (TPSA) is 70.6 Å². The number of benzene rings is 2. The Balaban J connectivity index is 2.02. The van der Waals surface area contributed by atoms with Crippen LogP contribution in [0.3, 0.4) is 0 Å². The lowest BCUT2D eigenvalue weighted by molar-refractivity contribution is -0.114. The molecule has 2 amide bonds.